The maximum Gasteiger partial charge on any atom is 0.251 e. The van der Waals surface area contributed by atoms with Gasteiger partial charge >= 0.3 is 0 Å². The molecule has 1 aromatic rings. The van der Waals surface area contributed by atoms with Crippen molar-refractivity contribution in [3.8, 4) is 0 Å². The number of nitrogens with zero attached hydrogens (tertiary/aromatic N) is 2. The number of aromatic nitrogens is 1. The molecular formula is C18H27N3O3S2. The van der Waals surface area contributed by atoms with Gasteiger partial charge in [0.1, 0.15) is 4.24 Å². The van der Waals surface area contributed by atoms with Gasteiger partial charge in [-0.25, -0.2) is 8.42 Å². The summed E-state index contributed by atoms with van der Waals surface area (Å²) < 4.78 is 28.2. The molecule has 0 radical (unpaired) electrons. The van der Waals surface area contributed by atoms with Crippen LogP contribution in [-0.4, -0.2) is 55.8 Å². The zero-order valence-corrected chi connectivity index (χ0v) is 17.3. The van der Waals surface area contributed by atoms with Crippen molar-refractivity contribution in [2.45, 2.75) is 38.4 Å². The first-order chi connectivity index (χ1) is 12.3. The van der Waals surface area contributed by atoms with E-state index in [4.69, 9.17) is 0 Å². The minimum Gasteiger partial charge on any atom is -0.326 e. The molecule has 3 heterocycles. The normalized spacial score (nSPS) is 23.0. The van der Waals surface area contributed by atoms with E-state index in [0.29, 0.717) is 30.2 Å². The van der Waals surface area contributed by atoms with Gasteiger partial charge < -0.3 is 9.88 Å². The minimum atomic E-state index is -3.43. The van der Waals surface area contributed by atoms with E-state index in [1.54, 1.807) is 4.31 Å². The van der Waals surface area contributed by atoms with Gasteiger partial charge in [0.2, 0.25) is 10.0 Å². The summed E-state index contributed by atoms with van der Waals surface area (Å²) in [6.07, 6.45) is 4.04. The molecule has 0 saturated carbocycles. The first kappa shape index (κ1) is 19.7. The van der Waals surface area contributed by atoms with Crippen LogP contribution in [0.25, 0.3) is 0 Å². The zero-order valence-electron chi connectivity index (χ0n) is 15.6. The van der Waals surface area contributed by atoms with Gasteiger partial charge in [0.25, 0.3) is 5.56 Å². The maximum absolute atomic E-state index is 13.0. The Morgan fingerprint density at radius 1 is 1.27 bits per heavy atom. The summed E-state index contributed by atoms with van der Waals surface area (Å²) >= 11 is 1.41. The van der Waals surface area contributed by atoms with Crippen LogP contribution in [0.5, 0.6) is 0 Å². The highest BCUT2D eigenvalue weighted by Crippen LogP contribution is 2.47. The highest BCUT2D eigenvalue weighted by atomic mass is 32.3. The molecule has 2 aliphatic rings. The van der Waals surface area contributed by atoms with Crippen molar-refractivity contribution >= 4 is 21.8 Å². The van der Waals surface area contributed by atoms with Crippen LogP contribution in [0, 0.1) is 6.92 Å². The van der Waals surface area contributed by atoms with E-state index >= 15 is 0 Å². The van der Waals surface area contributed by atoms with E-state index in [0.717, 1.165) is 36.3 Å². The lowest BCUT2D eigenvalue weighted by molar-refractivity contribution is 0.348. The number of hydrogen-bond acceptors (Lipinski definition) is 5. The Labute approximate surface area is 159 Å². The third-order valence-electron chi connectivity index (χ3n) is 5.11. The Bertz CT molecular complexity index is 861. The number of likely N-dealkylation sites (N-methyl/N-ethyl adjacent to an activating group) is 1. The molecule has 26 heavy (non-hydrogen) atoms. The highest BCUT2D eigenvalue weighted by molar-refractivity contribution is 8.18. The summed E-state index contributed by atoms with van der Waals surface area (Å²) in [5.74, 6) is 0. The van der Waals surface area contributed by atoms with Crippen LogP contribution in [-0.2, 0) is 16.4 Å². The largest absolute Gasteiger partial charge is 0.326 e. The molecule has 0 spiro atoms. The molecule has 1 N–H and O–H groups in total. The van der Waals surface area contributed by atoms with E-state index in [1.807, 2.05) is 33.0 Å². The average Bonchev–Trinajstić information content (AvgIpc) is 2.98. The molecule has 1 unspecified atom stereocenters. The first-order valence-electron chi connectivity index (χ1n) is 9.11. The highest BCUT2D eigenvalue weighted by Gasteiger charge is 2.34. The zero-order chi connectivity index (χ0) is 18.9. The van der Waals surface area contributed by atoms with E-state index < -0.39 is 10.0 Å². The molecule has 0 aromatic carbocycles. The molecule has 1 aromatic heterocycles. The van der Waals surface area contributed by atoms with Gasteiger partial charge in [0.05, 0.1) is 0 Å². The van der Waals surface area contributed by atoms with Crippen LogP contribution in [0.15, 0.2) is 21.2 Å². The number of H-pyrrole nitrogens is 1. The molecule has 8 heteroatoms. The summed E-state index contributed by atoms with van der Waals surface area (Å²) in [6, 6.07) is 1.94. The molecule has 0 amide bonds. The number of pyridine rings is 1. The molecule has 1 saturated heterocycles. The van der Waals surface area contributed by atoms with Crippen LogP contribution in [0.1, 0.15) is 41.8 Å². The van der Waals surface area contributed by atoms with E-state index in [-0.39, 0.29) is 10.8 Å². The number of allylic oxidation sites excluding steroid dienone is 1. The van der Waals surface area contributed by atoms with Crippen molar-refractivity contribution in [3.05, 3.63) is 43.6 Å². The van der Waals surface area contributed by atoms with Crippen molar-refractivity contribution in [2.24, 2.45) is 0 Å². The number of aryl methyl sites for hydroxylation is 2. The van der Waals surface area contributed by atoms with Crippen LogP contribution in [0.3, 0.4) is 0 Å². The van der Waals surface area contributed by atoms with Crippen molar-refractivity contribution < 1.29 is 8.42 Å². The fraction of sp³-hybridized carbons (Fsp3) is 0.611. The standard InChI is InChI=1S/C18H27N3O3S2/c1-4-14-12-15(13(2)19-18(14)22)16-6-7-17(25-16)26(23,24)21-9-5-8-20(3)10-11-21/h7,12,16H,4-6,8-11H2,1-3H3,(H,19,22). The summed E-state index contributed by atoms with van der Waals surface area (Å²) in [4.78, 5) is 17.0. The third-order valence-corrected chi connectivity index (χ3v) is 8.88. The smallest absolute Gasteiger partial charge is 0.251 e. The van der Waals surface area contributed by atoms with Gasteiger partial charge in [0.15, 0.2) is 0 Å². The first-order valence-corrected chi connectivity index (χ1v) is 11.4. The molecule has 0 bridgehead atoms. The SMILES string of the molecule is CCc1cc(C2CC=C(S(=O)(=O)N3CCCN(C)CC3)S2)c(C)[nH]c1=O. The molecule has 0 aliphatic carbocycles. The van der Waals surface area contributed by atoms with Gasteiger partial charge in [0, 0.05) is 36.1 Å². The number of nitrogens with one attached hydrogen (secondary N) is 1. The van der Waals surface area contributed by atoms with Crippen LogP contribution in [0.4, 0.5) is 0 Å². The summed E-state index contributed by atoms with van der Waals surface area (Å²) in [5.41, 5.74) is 2.56. The van der Waals surface area contributed by atoms with Crippen molar-refractivity contribution in [1.29, 1.82) is 0 Å². The summed E-state index contributed by atoms with van der Waals surface area (Å²) in [6.45, 7) is 6.65. The Kier molecular flexibility index (Phi) is 5.96. The van der Waals surface area contributed by atoms with Gasteiger partial charge in [-0.05, 0) is 51.4 Å². The van der Waals surface area contributed by atoms with Crippen LogP contribution in [0.2, 0.25) is 0 Å². The number of sulfonamides is 1. The lowest BCUT2D eigenvalue weighted by Crippen LogP contribution is -2.34. The summed E-state index contributed by atoms with van der Waals surface area (Å²) in [5, 5.41) is 0.0385. The number of rotatable bonds is 4. The van der Waals surface area contributed by atoms with E-state index in [9.17, 15) is 13.2 Å². The molecule has 2 aliphatic heterocycles. The molecule has 6 nitrogen and oxygen atoms in total. The van der Waals surface area contributed by atoms with E-state index in [1.165, 1.54) is 11.8 Å². The Morgan fingerprint density at radius 3 is 2.77 bits per heavy atom. The molecule has 1 atom stereocenters. The van der Waals surface area contributed by atoms with Gasteiger partial charge in [-0.15, -0.1) is 11.8 Å². The fourth-order valence-electron chi connectivity index (χ4n) is 3.47. The number of hydrogen-bond donors (Lipinski definition) is 1. The predicted octanol–water partition coefficient (Wildman–Crippen LogP) is 2.23. The Balaban J connectivity index is 1.78. The quantitative estimate of drug-likeness (QED) is 0.843. The Morgan fingerprint density at radius 2 is 2.04 bits per heavy atom. The third kappa shape index (κ3) is 3.93. The van der Waals surface area contributed by atoms with E-state index in [2.05, 4.69) is 9.88 Å². The van der Waals surface area contributed by atoms with Gasteiger partial charge in [-0.3, -0.25) is 4.79 Å². The lowest BCUT2D eigenvalue weighted by atomic mass is 10.0. The van der Waals surface area contributed by atoms with Crippen LogP contribution >= 0.6 is 11.8 Å². The second kappa shape index (κ2) is 7.88. The topological polar surface area (TPSA) is 73.5 Å². The lowest BCUT2D eigenvalue weighted by Gasteiger charge is -2.21. The molecular weight excluding hydrogens is 370 g/mol. The van der Waals surface area contributed by atoms with Crippen molar-refractivity contribution in [2.75, 3.05) is 33.2 Å². The molecule has 1 fully saturated rings. The van der Waals surface area contributed by atoms with Gasteiger partial charge in [-0.2, -0.15) is 4.31 Å². The van der Waals surface area contributed by atoms with Gasteiger partial charge in [-0.1, -0.05) is 13.0 Å². The second-order valence-corrected chi connectivity index (χ2v) is 10.4. The average molecular weight is 398 g/mol. The predicted molar refractivity (Wildman–Crippen MR) is 107 cm³/mol. The molecule has 144 valence electrons. The number of thioether (sulfide) groups is 1. The fourth-order valence-corrected chi connectivity index (χ4v) is 6.91. The second-order valence-electron chi connectivity index (χ2n) is 6.98. The number of aromatic amines is 1. The van der Waals surface area contributed by atoms with Crippen molar-refractivity contribution in [3.63, 3.8) is 0 Å². The molecule has 3 rings (SSSR count). The minimum absolute atomic E-state index is 0.0385. The van der Waals surface area contributed by atoms with Crippen LogP contribution < -0.4 is 5.56 Å². The Hall–Kier alpha value is -1.09. The summed E-state index contributed by atoms with van der Waals surface area (Å²) in [7, 11) is -1.40. The van der Waals surface area contributed by atoms with Crippen molar-refractivity contribution in [1.82, 2.24) is 14.2 Å². The maximum atomic E-state index is 13.0. The monoisotopic (exact) mass is 397 g/mol.